The predicted molar refractivity (Wildman–Crippen MR) is 97.7 cm³/mol. The Balaban J connectivity index is 1.71. The van der Waals surface area contributed by atoms with Crippen molar-refractivity contribution in [2.75, 3.05) is 0 Å². The van der Waals surface area contributed by atoms with Crippen LogP contribution in [0.5, 0.6) is 0 Å². The minimum absolute atomic E-state index is 1.20. The van der Waals surface area contributed by atoms with E-state index in [0.717, 1.165) is 0 Å². The predicted octanol–water partition coefficient (Wildman–Crippen LogP) is 5.49. The van der Waals surface area contributed by atoms with E-state index in [1.165, 1.54) is 29.3 Å². The zero-order chi connectivity index (χ0) is 15.0. The molecule has 0 radical (unpaired) electrons. The van der Waals surface area contributed by atoms with E-state index >= 15 is 0 Å². The van der Waals surface area contributed by atoms with Crippen LogP contribution in [0.1, 0.15) is 24.8 Å². The summed E-state index contributed by atoms with van der Waals surface area (Å²) < 4.78 is 3.12. The molecule has 0 saturated heterocycles. The number of hydrogen-bond acceptors (Lipinski definition) is 0. The van der Waals surface area contributed by atoms with Gasteiger partial charge in [-0.25, -0.2) is 0 Å². The van der Waals surface area contributed by atoms with Crippen molar-refractivity contribution < 1.29 is 0 Å². The molecule has 0 amide bonds. The van der Waals surface area contributed by atoms with E-state index in [1.807, 2.05) is 0 Å². The summed E-state index contributed by atoms with van der Waals surface area (Å²) in [4.78, 5) is 5.12. The number of rotatable bonds is 7. The van der Waals surface area contributed by atoms with E-state index in [4.69, 9.17) is 0 Å². The van der Waals surface area contributed by atoms with Crippen LogP contribution in [0.15, 0.2) is 66.7 Å². The fraction of sp³-hybridized carbons (Fsp3) is 0.300. The second-order valence-corrected chi connectivity index (χ2v) is 20.1. The normalized spacial score (nSPS) is 11.9. The molecule has 0 atom stereocenters. The maximum absolute atomic E-state index is 2.56. The van der Waals surface area contributed by atoms with Crippen molar-refractivity contribution in [3.63, 3.8) is 0 Å². The Morgan fingerprint density at radius 1 is 0.810 bits per heavy atom. The quantitative estimate of drug-likeness (QED) is 0.437. The van der Waals surface area contributed by atoms with Crippen molar-refractivity contribution in [3.8, 4) is 0 Å². The molecule has 0 heterocycles. The molecular formula is C20H26Sn. The summed E-state index contributed by atoms with van der Waals surface area (Å²) in [6, 6.07) is 21.8. The van der Waals surface area contributed by atoms with Gasteiger partial charge in [0.1, 0.15) is 0 Å². The van der Waals surface area contributed by atoms with Crippen LogP contribution in [-0.2, 0) is 0 Å². The average Bonchev–Trinajstić information content (AvgIpc) is 2.52. The van der Waals surface area contributed by atoms with Crippen LogP contribution < -0.4 is 3.58 Å². The molecule has 110 valence electrons. The van der Waals surface area contributed by atoms with Crippen LogP contribution >= 0.6 is 0 Å². The SMILES string of the molecule is [CH3][Sn]([CH3])([CH2]CCCC=Cc1ccccc1)[c]1ccccc1. The number of benzene rings is 2. The zero-order valence-corrected chi connectivity index (χ0v) is 16.1. The Labute approximate surface area is 133 Å². The molecule has 0 fully saturated rings. The summed E-state index contributed by atoms with van der Waals surface area (Å²) in [6.45, 7) is 0. The van der Waals surface area contributed by atoms with Crippen LogP contribution in [0.2, 0.25) is 14.3 Å². The summed E-state index contributed by atoms with van der Waals surface area (Å²) in [5.74, 6) is 0. The third-order valence-corrected chi connectivity index (χ3v) is 14.1. The number of hydrogen-bond donors (Lipinski definition) is 0. The second kappa shape index (κ2) is 8.43. The summed E-state index contributed by atoms with van der Waals surface area (Å²) in [5.41, 5.74) is 1.31. The van der Waals surface area contributed by atoms with Gasteiger partial charge in [-0.05, 0) is 0 Å². The van der Waals surface area contributed by atoms with Crippen LogP contribution in [0, 0.1) is 0 Å². The fourth-order valence-electron chi connectivity index (χ4n) is 2.65. The fourth-order valence-corrected chi connectivity index (χ4v) is 9.83. The van der Waals surface area contributed by atoms with Gasteiger partial charge in [-0.1, -0.05) is 0 Å². The topological polar surface area (TPSA) is 0 Å². The molecule has 2 aromatic rings. The Bertz CT molecular complexity index is 541. The molecule has 0 aliphatic carbocycles. The van der Waals surface area contributed by atoms with Gasteiger partial charge in [0, 0.05) is 0 Å². The molecule has 2 rings (SSSR count). The molecule has 0 saturated carbocycles. The molecule has 0 aliphatic heterocycles. The van der Waals surface area contributed by atoms with Crippen molar-refractivity contribution in [3.05, 3.63) is 72.3 Å². The van der Waals surface area contributed by atoms with Gasteiger partial charge in [0.05, 0.1) is 0 Å². The summed E-state index contributed by atoms with van der Waals surface area (Å²) in [5, 5.41) is 0. The van der Waals surface area contributed by atoms with E-state index in [-0.39, 0.29) is 0 Å². The van der Waals surface area contributed by atoms with Crippen LogP contribution in [0.3, 0.4) is 0 Å². The van der Waals surface area contributed by atoms with Crippen LogP contribution in [0.25, 0.3) is 6.08 Å². The Morgan fingerprint density at radius 3 is 2.10 bits per heavy atom. The second-order valence-electron chi connectivity index (χ2n) is 6.31. The Kier molecular flexibility index (Phi) is 6.56. The number of allylic oxidation sites excluding steroid dienone is 1. The first kappa shape index (κ1) is 16.4. The van der Waals surface area contributed by atoms with Gasteiger partial charge in [-0.2, -0.15) is 0 Å². The number of unbranched alkanes of at least 4 members (excludes halogenated alkanes) is 2. The van der Waals surface area contributed by atoms with E-state index in [1.54, 1.807) is 3.58 Å². The van der Waals surface area contributed by atoms with Gasteiger partial charge in [-0.3, -0.25) is 0 Å². The minimum atomic E-state index is -2.00. The van der Waals surface area contributed by atoms with Crippen molar-refractivity contribution in [2.45, 2.75) is 33.6 Å². The van der Waals surface area contributed by atoms with Crippen molar-refractivity contribution in [2.24, 2.45) is 0 Å². The molecule has 1 heteroatoms. The van der Waals surface area contributed by atoms with Crippen molar-refractivity contribution in [1.82, 2.24) is 0 Å². The third-order valence-electron chi connectivity index (χ3n) is 4.09. The van der Waals surface area contributed by atoms with Crippen LogP contribution in [-0.4, -0.2) is 18.4 Å². The van der Waals surface area contributed by atoms with Crippen LogP contribution in [0.4, 0.5) is 0 Å². The first-order valence-corrected chi connectivity index (χ1v) is 17.1. The molecule has 0 aliphatic rings. The van der Waals surface area contributed by atoms with Crippen molar-refractivity contribution in [1.29, 1.82) is 0 Å². The van der Waals surface area contributed by atoms with E-state index in [0.29, 0.717) is 0 Å². The molecule has 2 aromatic carbocycles. The first-order valence-electron chi connectivity index (χ1n) is 7.96. The van der Waals surface area contributed by atoms with Gasteiger partial charge in [0.2, 0.25) is 0 Å². The molecule has 0 spiro atoms. The summed E-state index contributed by atoms with van der Waals surface area (Å²) in [7, 11) is 0. The molecule has 0 nitrogen and oxygen atoms in total. The van der Waals surface area contributed by atoms with E-state index in [2.05, 4.69) is 82.7 Å². The summed E-state index contributed by atoms with van der Waals surface area (Å²) >= 11 is -2.00. The Morgan fingerprint density at radius 2 is 1.43 bits per heavy atom. The van der Waals surface area contributed by atoms with Gasteiger partial charge < -0.3 is 0 Å². The maximum atomic E-state index is 2.56. The standard InChI is InChI=1S/C12H15.C6H5.2CH3.Sn/c1-2-3-4-6-9-12-10-7-5-8-11-12;1-2-4-6-5-3-1;;;/h5-11H,1-4H2;1-5H;2*1H3;. The summed E-state index contributed by atoms with van der Waals surface area (Å²) in [6.07, 6.45) is 8.45. The van der Waals surface area contributed by atoms with Crippen molar-refractivity contribution >= 4 is 28.0 Å². The molecular weight excluding hydrogens is 359 g/mol. The third kappa shape index (κ3) is 5.70. The van der Waals surface area contributed by atoms with E-state index < -0.39 is 18.4 Å². The van der Waals surface area contributed by atoms with Gasteiger partial charge in [-0.15, -0.1) is 0 Å². The van der Waals surface area contributed by atoms with E-state index in [9.17, 15) is 0 Å². The molecule has 21 heavy (non-hydrogen) atoms. The van der Waals surface area contributed by atoms with Gasteiger partial charge in [0.25, 0.3) is 0 Å². The molecule has 0 N–H and O–H groups in total. The Hall–Kier alpha value is -1.02. The zero-order valence-electron chi connectivity index (χ0n) is 13.3. The monoisotopic (exact) mass is 386 g/mol. The first-order chi connectivity index (χ1) is 10.2. The van der Waals surface area contributed by atoms with Gasteiger partial charge in [0.15, 0.2) is 0 Å². The van der Waals surface area contributed by atoms with Gasteiger partial charge >= 0.3 is 134 Å². The molecule has 0 unspecified atom stereocenters. The average molecular weight is 385 g/mol. The molecule has 0 aromatic heterocycles. The molecule has 0 bridgehead atoms.